The molecule has 7 nitrogen and oxygen atoms in total. The van der Waals surface area contributed by atoms with E-state index in [2.05, 4.69) is 9.88 Å². The summed E-state index contributed by atoms with van der Waals surface area (Å²) in [5, 5.41) is 12.1. The summed E-state index contributed by atoms with van der Waals surface area (Å²) in [5.74, 6) is -1.52. The van der Waals surface area contributed by atoms with Gasteiger partial charge in [-0.3, -0.25) is 9.78 Å². The third-order valence-electron chi connectivity index (χ3n) is 3.25. The zero-order valence-electron chi connectivity index (χ0n) is 11.8. The van der Waals surface area contributed by atoms with Gasteiger partial charge in [-0.15, -0.1) is 0 Å². The number of likely N-dealkylation sites (N-methyl/N-ethyl adjacent to an activating group) is 1. The molecule has 7 heteroatoms. The minimum absolute atomic E-state index is 0.381. The molecular weight excluding hydrogens is 272 g/mol. The lowest BCUT2D eigenvalue weighted by Gasteiger charge is -2.39. The molecule has 0 radical (unpaired) electrons. The highest BCUT2D eigenvalue weighted by atomic mass is 16.4. The van der Waals surface area contributed by atoms with Crippen molar-refractivity contribution in [3.05, 3.63) is 36.7 Å². The number of amides is 1. The van der Waals surface area contributed by atoms with Crippen LogP contribution >= 0.6 is 0 Å². The molecule has 1 aliphatic heterocycles. The predicted octanol–water partition coefficient (Wildman–Crippen LogP) is 0.218. The van der Waals surface area contributed by atoms with Crippen molar-refractivity contribution >= 4 is 17.6 Å². The number of anilines is 1. The number of carbonyl (C=O) groups excluding carboxylic acids is 1. The first-order valence-corrected chi connectivity index (χ1v) is 6.66. The van der Waals surface area contributed by atoms with E-state index in [9.17, 15) is 9.59 Å². The molecule has 21 heavy (non-hydrogen) atoms. The summed E-state index contributed by atoms with van der Waals surface area (Å²) in [6.45, 7) is 3.09. The lowest BCUT2D eigenvalue weighted by atomic mass is 10.3. The van der Waals surface area contributed by atoms with Gasteiger partial charge in [-0.1, -0.05) is 0 Å². The van der Waals surface area contributed by atoms with Crippen molar-refractivity contribution in [3.8, 4) is 0 Å². The number of hydrazine groups is 1. The third-order valence-corrected chi connectivity index (χ3v) is 3.25. The van der Waals surface area contributed by atoms with Crippen LogP contribution < -0.4 is 5.01 Å². The van der Waals surface area contributed by atoms with Crippen molar-refractivity contribution in [1.29, 1.82) is 0 Å². The normalized spacial score (nSPS) is 17.0. The second-order valence-corrected chi connectivity index (χ2v) is 4.78. The summed E-state index contributed by atoms with van der Waals surface area (Å²) >= 11 is 0. The second-order valence-electron chi connectivity index (χ2n) is 4.78. The number of hydrogen-bond donors (Lipinski definition) is 1. The van der Waals surface area contributed by atoms with E-state index in [1.807, 2.05) is 12.1 Å². The minimum atomic E-state index is -1.14. The van der Waals surface area contributed by atoms with Gasteiger partial charge in [0.1, 0.15) is 0 Å². The van der Waals surface area contributed by atoms with Crippen LogP contribution in [0, 0.1) is 0 Å². The number of aromatic nitrogens is 1. The van der Waals surface area contributed by atoms with Crippen LogP contribution in [-0.4, -0.2) is 65.1 Å². The van der Waals surface area contributed by atoms with E-state index < -0.39 is 5.97 Å². The molecule has 1 fully saturated rings. The summed E-state index contributed by atoms with van der Waals surface area (Å²) < 4.78 is 0. The molecule has 0 spiro atoms. The fourth-order valence-electron chi connectivity index (χ4n) is 2.12. The number of carboxylic acid groups (broad SMARTS) is 1. The lowest BCUT2D eigenvalue weighted by Crippen LogP contribution is -2.54. The number of hydrogen-bond acceptors (Lipinski definition) is 5. The molecule has 1 amide bonds. The van der Waals surface area contributed by atoms with Crippen LogP contribution in [0.15, 0.2) is 36.7 Å². The highest BCUT2D eigenvalue weighted by Crippen LogP contribution is 2.17. The van der Waals surface area contributed by atoms with Gasteiger partial charge < -0.3 is 10.0 Å². The molecule has 0 unspecified atom stereocenters. The molecule has 2 rings (SSSR count). The topological polar surface area (TPSA) is 77.0 Å². The van der Waals surface area contributed by atoms with E-state index in [-0.39, 0.29) is 5.91 Å². The van der Waals surface area contributed by atoms with Gasteiger partial charge in [0.05, 0.1) is 5.69 Å². The number of carbonyl (C=O) groups is 2. The van der Waals surface area contributed by atoms with Crippen LogP contribution in [0.25, 0.3) is 0 Å². The highest BCUT2D eigenvalue weighted by molar-refractivity contribution is 6.03. The molecule has 0 saturated carbocycles. The highest BCUT2D eigenvalue weighted by Gasteiger charge is 2.24. The van der Waals surface area contributed by atoms with Crippen molar-refractivity contribution in [2.75, 3.05) is 38.2 Å². The van der Waals surface area contributed by atoms with E-state index in [0.29, 0.717) is 18.8 Å². The average molecular weight is 290 g/mol. The van der Waals surface area contributed by atoms with Crippen LogP contribution in [0.4, 0.5) is 5.69 Å². The fourth-order valence-corrected chi connectivity index (χ4v) is 2.12. The second kappa shape index (κ2) is 6.96. The maximum absolute atomic E-state index is 12.3. The summed E-state index contributed by atoms with van der Waals surface area (Å²) in [5.41, 5.74) is 0.676. The molecule has 2 heterocycles. The van der Waals surface area contributed by atoms with Crippen LogP contribution in [0.3, 0.4) is 0 Å². The van der Waals surface area contributed by atoms with Gasteiger partial charge in [0.25, 0.3) is 5.91 Å². The smallest absolute Gasteiger partial charge is 0.328 e. The fraction of sp³-hybridized carbons (Fsp3) is 0.357. The maximum atomic E-state index is 12.3. The Morgan fingerprint density at radius 3 is 2.38 bits per heavy atom. The summed E-state index contributed by atoms with van der Waals surface area (Å²) in [7, 11) is 2.03. The van der Waals surface area contributed by atoms with E-state index in [4.69, 9.17) is 5.11 Å². The van der Waals surface area contributed by atoms with Gasteiger partial charge >= 0.3 is 5.97 Å². The SMILES string of the molecule is CN1CCN(N(C(=O)/C=C/C(=O)O)c2ccncc2)CC1. The summed E-state index contributed by atoms with van der Waals surface area (Å²) in [4.78, 5) is 29.0. The zero-order valence-corrected chi connectivity index (χ0v) is 11.8. The maximum Gasteiger partial charge on any atom is 0.328 e. The minimum Gasteiger partial charge on any atom is -0.478 e. The van der Waals surface area contributed by atoms with Gasteiger partial charge in [0.2, 0.25) is 0 Å². The Morgan fingerprint density at radius 1 is 1.19 bits per heavy atom. The van der Waals surface area contributed by atoms with Crippen molar-refractivity contribution in [2.45, 2.75) is 0 Å². The van der Waals surface area contributed by atoms with Gasteiger partial charge in [-0.25, -0.2) is 14.8 Å². The third kappa shape index (κ3) is 4.11. The standard InChI is InChI=1S/C14H18N4O3/c1-16-8-10-17(11-9-16)18(12-4-6-15-7-5-12)13(19)2-3-14(20)21/h2-7H,8-11H2,1H3,(H,20,21)/b3-2+. The Labute approximate surface area is 123 Å². The van der Waals surface area contributed by atoms with Crippen molar-refractivity contribution in [3.63, 3.8) is 0 Å². The first kappa shape index (κ1) is 15.1. The van der Waals surface area contributed by atoms with Crippen LogP contribution in [0.2, 0.25) is 0 Å². The lowest BCUT2D eigenvalue weighted by molar-refractivity contribution is -0.131. The Bertz CT molecular complexity index is 524. The Balaban J connectivity index is 2.22. The first-order chi connectivity index (χ1) is 10.1. The molecule has 0 bridgehead atoms. The van der Waals surface area contributed by atoms with Crippen LogP contribution in [-0.2, 0) is 9.59 Å². The number of piperazine rings is 1. The van der Waals surface area contributed by atoms with Gasteiger partial charge in [-0.05, 0) is 19.2 Å². The van der Waals surface area contributed by atoms with E-state index >= 15 is 0 Å². The Hall–Kier alpha value is -2.25. The molecule has 1 N–H and O–H groups in total. The monoisotopic (exact) mass is 290 g/mol. The van der Waals surface area contributed by atoms with E-state index in [0.717, 1.165) is 25.2 Å². The van der Waals surface area contributed by atoms with Gasteiger partial charge in [0, 0.05) is 50.7 Å². The van der Waals surface area contributed by atoms with Crippen molar-refractivity contribution in [2.24, 2.45) is 0 Å². The Morgan fingerprint density at radius 2 is 1.81 bits per heavy atom. The van der Waals surface area contributed by atoms with Gasteiger partial charge in [0.15, 0.2) is 0 Å². The number of nitrogens with zero attached hydrogens (tertiary/aromatic N) is 4. The number of pyridine rings is 1. The molecule has 1 aromatic heterocycles. The summed E-state index contributed by atoms with van der Waals surface area (Å²) in [6, 6.07) is 3.45. The largest absolute Gasteiger partial charge is 0.478 e. The summed E-state index contributed by atoms with van der Waals surface area (Å²) in [6.07, 6.45) is 5.13. The van der Waals surface area contributed by atoms with Gasteiger partial charge in [-0.2, -0.15) is 0 Å². The number of carboxylic acids is 1. The van der Waals surface area contributed by atoms with E-state index in [1.54, 1.807) is 24.5 Å². The van der Waals surface area contributed by atoms with Crippen molar-refractivity contribution in [1.82, 2.24) is 14.9 Å². The first-order valence-electron chi connectivity index (χ1n) is 6.66. The zero-order chi connectivity index (χ0) is 15.2. The average Bonchev–Trinajstić information content (AvgIpc) is 2.48. The molecular formula is C14H18N4O3. The molecule has 1 aliphatic rings. The molecule has 1 aromatic rings. The Kier molecular flexibility index (Phi) is 5.02. The molecule has 0 atom stereocenters. The van der Waals surface area contributed by atoms with E-state index in [1.165, 1.54) is 5.01 Å². The van der Waals surface area contributed by atoms with Crippen molar-refractivity contribution < 1.29 is 14.7 Å². The molecule has 1 saturated heterocycles. The van der Waals surface area contributed by atoms with Crippen LogP contribution in [0.5, 0.6) is 0 Å². The molecule has 0 aliphatic carbocycles. The quantitative estimate of drug-likeness (QED) is 0.799. The van der Waals surface area contributed by atoms with Crippen LogP contribution in [0.1, 0.15) is 0 Å². The number of aliphatic carboxylic acids is 1. The molecule has 112 valence electrons. The number of rotatable bonds is 4. The molecule has 0 aromatic carbocycles. The predicted molar refractivity (Wildman–Crippen MR) is 77.6 cm³/mol.